The van der Waals surface area contributed by atoms with Crippen molar-refractivity contribution in [3.63, 3.8) is 0 Å². The molecule has 4 heterocycles. The minimum atomic E-state index is -0.0712. The first-order valence-corrected chi connectivity index (χ1v) is 11.0. The molecule has 0 bridgehead atoms. The van der Waals surface area contributed by atoms with Crippen LogP contribution in [0.1, 0.15) is 16.4 Å². The zero-order valence-corrected chi connectivity index (χ0v) is 18.0. The fourth-order valence-electron chi connectivity index (χ4n) is 3.90. The number of thiophene rings is 1. The highest BCUT2D eigenvalue weighted by atomic mass is 32.1. The van der Waals surface area contributed by atoms with Gasteiger partial charge in [0.15, 0.2) is 11.6 Å². The molecule has 1 aliphatic heterocycles. The highest BCUT2D eigenvalue weighted by Crippen LogP contribution is 2.38. The van der Waals surface area contributed by atoms with E-state index in [-0.39, 0.29) is 5.91 Å². The molecule has 0 N–H and O–H groups in total. The fraction of sp³-hybridized carbons (Fsp3) is 0.261. The van der Waals surface area contributed by atoms with Crippen molar-refractivity contribution in [1.29, 1.82) is 0 Å². The van der Waals surface area contributed by atoms with Gasteiger partial charge in [0.05, 0.1) is 11.6 Å². The Bertz CT molecular complexity index is 1180. The average molecular weight is 435 g/mol. The number of aromatic nitrogens is 2. The van der Waals surface area contributed by atoms with Crippen molar-refractivity contribution in [1.82, 2.24) is 14.9 Å². The minimum absolute atomic E-state index is 0.0712. The van der Waals surface area contributed by atoms with Crippen molar-refractivity contribution in [2.45, 2.75) is 6.61 Å². The summed E-state index contributed by atoms with van der Waals surface area (Å²) in [5, 5.41) is 3.20. The Morgan fingerprint density at radius 3 is 2.61 bits per heavy atom. The van der Waals surface area contributed by atoms with Crippen molar-refractivity contribution >= 4 is 33.3 Å². The number of carbonyl (C=O) groups is 1. The maximum Gasteiger partial charge on any atom is 0.289 e. The van der Waals surface area contributed by atoms with Gasteiger partial charge >= 0.3 is 0 Å². The molecular weight excluding hydrogens is 412 g/mol. The van der Waals surface area contributed by atoms with E-state index < -0.39 is 0 Å². The lowest BCUT2D eigenvalue weighted by Gasteiger charge is -2.35. The highest BCUT2D eigenvalue weighted by Gasteiger charge is 2.27. The predicted molar refractivity (Wildman–Crippen MR) is 120 cm³/mol. The van der Waals surface area contributed by atoms with Crippen LogP contribution in [-0.4, -0.2) is 54.1 Å². The summed E-state index contributed by atoms with van der Waals surface area (Å²) >= 11 is 1.62. The molecule has 0 spiro atoms. The van der Waals surface area contributed by atoms with Crippen LogP contribution in [0.5, 0.6) is 0 Å². The molecule has 1 aromatic carbocycles. The fourth-order valence-corrected chi connectivity index (χ4v) is 4.86. The standard InChI is InChI=1S/C23H22N4O3S/c1-29-14-19-24-21(20-17(15-31-22(20)25-19)16-6-3-2-4-7-16)26-9-11-27(12-10-26)23(28)18-8-5-13-30-18/h2-8,13,15H,9-12,14H2,1H3. The smallest absolute Gasteiger partial charge is 0.289 e. The Balaban J connectivity index is 1.48. The number of piperazine rings is 1. The number of benzene rings is 1. The van der Waals surface area contributed by atoms with E-state index in [0.29, 0.717) is 44.4 Å². The number of rotatable bonds is 5. The zero-order chi connectivity index (χ0) is 21.2. The molecule has 1 aliphatic rings. The summed E-state index contributed by atoms with van der Waals surface area (Å²) in [6, 6.07) is 13.7. The van der Waals surface area contributed by atoms with E-state index in [1.807, 2.05) is 23.1 Å². The van der Waals surface area contributed by atoms with E-state index in [9.17, 15) is 4.79 Å². The molecule has 7 nitrogen and oxygen atoms in total. The number of hydrogen-bond donors (Lipinski definition) is 0. The maximum absolute atomic E-state index is 12.6. The first-order valence-electron chi connectivity index (χ1n) is 10.1. The Kier molecular flexibility index (Phi) is 5.40. The molecule has 4 aromatic rings. The summed E-state index contributed by atoms with van der Waals surface area (Å²) in [5.74, 6) is 1.88. The van der Waals surface area contributed by atoms with E-state index in [1.54, 1.807) is 30.6 Å². The number of furan rings is 1. The topological polar surface area (TPSA) is 71.7 Å². The van der Waals surface area contributed by atoms with Gasteiger partial charge in [0.1, 0.15) is 17.3 Å². The summed E-state index contributed by atoms with van der Waals surface area (Å²) < 4.78 is 10.6. The molecule has 1 saturated heterocycles. The lowest BCUT2D eigenvalue weighted by atomic mass is 10.1. The summed E-state index contributed by atoms with van der Waals surface area (Å²) in [4.78, 5) is 27.2. The second kappa shape index (κ2) is 8.49. The van der Waals surface area contributed by atoms with Gasteiger partial charge in [-0.2, -0.15) is 0 Å². The molecular formula is C23H22N4O3S. The SMILES string of the molecule is COCc1nc(N2CCN(C(=O)c3ccco3)CC2)c2c(-c3ccccc3)csc2n1. The molecule has 0 saturated carbocycles. The normalized spacial score (nSPS) is 14.4. The summed E-state index contributed by atoms with van der Waals surface area (Å²) in [6.07, 6.45) is 1.53. The number of amides is 1. The van der Waals surface area contributed by atoms with Gasteiger partial charge < -0.3 is 19.0 Å². The first kappa shape index (κ1) is 19.7. The van der Waals surface area contributed by atoms with Crippen molar-refractivity contribution in [3.05, 3.63) is 65.7 Å². The molecule has 0 unspecified atom stereocenters. The number of anilines is 1. The van der Waals surface area contributed by atoms with Crippen LogP contribution in [0.15, 0.2) is 58.5 Å². The largest absolute Gasteiger partial charge is 0.459 e. The van der Waals surface area contributed by atoms with E-state index in [2.05, 4.69) is 22.4 Å². The molecule has 5 rings (SSSR count). The summed E-state index contributed by atoms with van der Waals surface area (Å²) in [6.45, 7) is 2.95. The second-order valence-corrected chi connectivity index (χ2v) is 8.21. The Morgan fingerprint density at radius 1 is 1.10 bits per heavy atom. The van der Waals surface area contributed by atoms with Crippen LogP contribution in [0.2, 0.25) is 0 Å². The van der Waals surface area contributed by atoms with Gasteiger partial charge in [-0.05, 0) is 17.7 Å². The van der Waals surface area contributed by atoms with E-state index in [0.717, 1.165) is 27.2 Å². The van der Waals surface area contributed by atoms with Gasteiger partial charge in [-0.1, -0.05) is 30.3 Å². The van der Waals surface area contributed by atoms with E-state index in [4.69, 9.17) is 19.1 Å². The summed E-state index contributed by atoms with van der Waals surface area (Å²) in [5.41, 5.74) is 2.28. The average Bonchev–Trinajstić information content (AvgIpc) is 3.49. The van der Waals surface area contributed by atoms with Crippen LogP contribution in [0, 0.1) is 0 Å². The molecule has 0 atom stereocenters. The molecule has 0 radical (unpaired) electrons. The predicted octanol–water partition coefficient (Wildman–Crippen LogP) is 4.06. The molecule has 158 valence electrons. The molecule has 31 heavy (non-hydrogen) atoms. The van der Waals surface area contributed by atoms with Gasteiger partial charge in [-0.15, -0.1) is 11.3 Å². The van der Waals surface area contributed by atoms with Crippen LogP contribution in [0.25, 0.3) is 21.3 Å². The van der Waals surface area contributed by atoms with Gasteiger partial charge in [0.2, 0.25) is 0 Å². The van der Waals surface area contributed by atoms with E-state index >= 15 is 0 Å². The number of ether oxygens (including phenoxy) is 1. The Morgan fingerprint density at radius 2 is 1.90 bits per heavy atom. The Hall–Kier alpha value is -3.23. The lowest BCUT2D eigenvalue weighted by Crippen LogP contribution is -2.49. The third kappa shape index (κ3) is 3.80. The van der Waals surface area contributed by atoms with Crippen LogP contribution in [-0.2, 0) is 11.3 Å². The van der Waals surface area contributed by atoms with Gasteiger partial charge in [-0.25, -0.2) is 9.97 Å². The molecule has 1 amide bonds. The maximum atomic E-state index is 12.6. The molecule has 0 aliphatic carbocycles. The third-order valence-corrected chi connectivity index (χ3v) is 6.29. The van der Waals surface area contributed by atoms with Gasteiger partial charge in [0, 0.05) is 44.2 Å². The highest BCUT2D eigenvalue weighted by molar-refractivity contribution is 7.17. The quantitative estimate of drug-likeness (QED) is 0.472. The van der Waals surface area contributed by atoms with Crippen LogP contribution in [0.3, 0.4) is 0 Å². The number of fused-ring (bicyclic) bond motifs is 1. The minimum Gasteiger partial charge on any atom is -0.459 e. The molecule has 1 fully saturated rings. The molecule has 8 heteroatoms. The lowest BCUT2D eigenvalue weighted by molar-refractivity contribution is 0.0714. The van der Waals surface area contributed by atoms with Crippen LogP contribution < -0.4 is 4.90 Å². The number of hydrogen-bond acceptors (Lipinski definition) is 7. The number of carbonyl (C=O) groups excluding carboxylic acids is 1. The van der Waals surface area contributed by atoms with Crippen molar-refractivity contribution < 1.29 is 13.9 Å². The second-order valence-electron chi connectivity index (χ2n) is 7.35. The van der Waals surface area contributed by atoms with Crippen LogP contribution in [0.4, 0.5) is 5.82 Å². The monoisotopic (exact) mass is 434 g/mol. The van der Waals surface area contributed by atoms with Crippen molar-refractivity contribution in [2.75, 3.05) is 38.2 Å². The van der Waals surface area contributed by atoms with Crippen molar-refractivity contribution in [2.24, 2.45) is 0 Å². The number of nitrogens with zero attached hydrogens (tertiary/aromatic N) is 4. The van der Waals surface area contributed by atoms with Gasteiger partial charge in [-0.3, -0.25) is 4.79 Å². The summed E-state index contributed by atoms with van der Waals surface area (Å²) in [7, 11) is 1.65. The Labute approximate surface area is 183 Å². The third-order valence-electron chi connectivity index (χ3n) is 5.42. The first-order chi connectivity index (χ1) is 15.2. The van der Waals surface area contributed by atoms with Gasteiger partial charge in [0.25, 0.3) is 5.91 Å². The van der Waals surface area contributed by atoms with Crippen molar-refractivity contribution in [3.8, 4) is 11.1 Å². The zero-order valence-electron chi connectivity index (χ0n) is 17.2. The molecule has 3 aromatic heterocycles. The number of methoxy groups -OCH3 is 1. The van der Waals surface area contributed by atoms with E-state index in [1.165, 1.54) is 6.26 Å². The van der Waals surface area contributed by atoms with Crippen LogP contribution >= 0.6 is 11.3 Å².